The molecule has 1 N–H and O–H groups in total. The van der Waals surface area contributed by atoms with Gasteiger partial charge < -0.3 is 5.32 Å². The highest BCUT2D eigenvalue weighted by molar-refractivity contribution is 7.99. The van der Waals surface area contributed by atoms with E-state index in [0.29, 0.717) is 18.1 Å². The predicted molar refractivity (Wildman–Crippen MR) is 87.4 cm³/mol. The van der Waals surface area contributed by atoms with Crippen LogP contribution in [-0.2, 0) is 17.1 Å². The number of amides is 1. The SMILES string of the molecule is Cc1ccccc1CNC(=O)CSCc1nnnn1C(C)C. The summed E-state index contributed by atoms with van der Waals surface area (Å²) in [6, 6.07) is 8.27. The zero-order valence-corrected chi connectivity index (χ0v) is 13.9. The van der Waals surface area contributed by atoms with Crippen LogP contribution in [0.4, 0.5) is 0 Å². The lowest BCUT2D eigenvalue weighted by atomic mass is 10.1. The number of thioether (sulfide) groups is 1. The molecule has 0 fully saturated rings. The number of benzene rings is 1. The lowest BCUT2D eigenvalue weighted by molar-refractivity contribution is -0.118. The fourth-order valence-corrected chi connectivity index (χ4v) is 2.76. The largest absolute Gasteiger partial charge is 0.351 e. The Kier molecular flexibility index (Phi) is 5.94. The van der Waals surface area contributed by atoms with E-state index < -0.39 is 0 Å². The molecule has 118 valence electrons. The van der Waals surface area contributed by atoms with Crippen molar-refractivity contribution in [1.29, 1.82) is 0 Å². The summed E-state index contributed by atoms with van der Waals surface area (Å²) in [6.07, 6.45) is 0. The molecule has 1 aromatic carbocycles. The summed E-state index contributed by atoms with van der Waals surface area (Å²) in [5.41, 5.74) is 2.33. The molecule has 1 heterocycles. The number of nitrogens with one attached hydrogen (secondary N) is 1. The van der Waals surface area contributed by atoms with Gasteiger partial charge in [-0.3, -0.25) is 4.79 Å². The molecule has 1 aromatic heterocycles. The molecule has 0 aliphatic carbocycles. The number of carbonyl (C=O) groups is 1. The van der Waals surface area contributed by atoms with Crippen LogP contribution >= 0.6 is 11.8 Å². The van der Waals surface area contributed by atoms with Gasteiger partial charge in [0.25, 0.3) is 0 Å². The van der Waals surface area contributed by atoms with E-state index in [1.54, 1.807) is 4.68 Å². The molecule has 2 aromatic rings. The molecule has 1 amide bonds. The van der Waals surface area contributed by atoms with Crippen LogP contribution in [0, 0.1) is 6.92 Å². The number of aryl methyl sites for hydroxylation is 1. The van der Waals surface area contributed by atoms with E-state index in [2.05, 4.69) is 20.8 Å². The minimum atomic E-state index is 0.0248. The molecule has 0 aliphatic heterocycles. The summed E-state index contributed by atoms with van der Waals surface area (Å²) in [5.74, 6) is 1.85. The van der Waals surface area contributed by atoms with Gasteiger partial charge in [-0.05, 0) is 42.3 Å². The van der Waals surface area contributed by atoms with Crippen LogP contribution in [0.25, 0.3) is 0 Å². The quantitative estimate of drug-likeness (QED) is 0.846. The van der Waals surface area contributed by atoms with Crippen LogP contribution in [0.15, 0.2) is 24.3 Å². The van der Waals surface area contributed by atoms with E-state index >= 15 is 0 Å². The van der Waals surface area contributed by atoms with E-state index in [1.165, 1.54) is 17.3 Å². The van der Waals surface area contributed by atoms with Crippen LogP contribution < -0.4 is 5.32 Å². The Morgan fingerprint density at radius 1 is 1.36 bits per heavy atom. The molecule has 0 radical (unpaired) electrons. The molecule has 0 bridgehead atoms. The van der Waals surface area contributed by atoms with Crippen molar-refractivity contribution >= 4 is 17.7 Å². The molecule has 2 rings (SSSR count). The summed E-state index contributed by atoms with van der Waals surface area (Å²) >= 11 is 1.51. The number of nitrogens with zero attached hydrogens (tertiary/aromatic N) is 4. The fraction of sp³-hybridized carbons (Fsp3) is 0.467. The van der Waals surface area contributed by atoms with E-state index in [0.717, 1.165) is 11.4 Å². The summed E-state index contributed by atoms with van der Waals surface area (Å²) in [6.45, 7) is 6.66. The van der Waals surface area contributed by atoms with E-state index in [1.807, 2.05) is 45.0 Å². The maximum atomic E-state index is 11.9. The second kappa shape index (κ2) is 7.93. The second-order valence-corrected chi connectivity index (χ2v) is 6.32. The summed E-state index contributed by atoms with van der Waals surface area (Å²) < 4.78 is 1.78. The van der Waals surface area contributed by atoms with Crippen molar-refractivity contribution in [2.45, 2.75) is 39.1 Å². The molecule has 0 atom stereocenters. The molecule has 0 unspecified atom stereocenters. The Morgan fingerprint density at radius 3 is 2.86 bits per heavy atom. The van der Waals surface area contributed by atoms with Gasteiger partial charge in [0.1, 0.15) is 0 Å². The average molecular weight is 319 g/mol. The Hall–Kier alpha value is -1.89. The predicted octanol–water partition coefficient (Wildman–Crippen LogP) is 2.11. The Balaban J connectivity index is 1.74. The van der Waals surface area contributed by atoms with E-state index in [9.17, 15) is 4.79 Å². The number of tetrazole rings is 1. The second-order valence-electron chi connectivity index (χ2n) is 5.33. The molecule has 0 saturated carbocycles. The van der Waals surface area contributed by atoms with Crippen LogP contribution in [0.5, 0.6) is 0 Å². The molecular formula is C15H21N5OS. The van der Waals surface area contributed by atoms with Gasteiger partial charge in [0.2, 0.25) is 5.91 Å². The number of rotatable bonds is 7. The zero-order chi connectivity index (χ0) is 15.9. The monoisotopic (exact) mass is 319 g/mol. The first kappa shape index (κ1) is 16.5. The maximum absolute atomic E-state index is 11.9. The lowest BCUT2D eigenvalue weighted by Gasteiger charge is -2.09. The van der Waals surface area contributed by atoms with Crippen LogP contribution in [0.2, 0.25) is 0 Å². The first-order valence-electron chi connectivity index (χ1n) is 7.23. The first-order chi connectivity index (χ1) is 10.6. The summed E-state index contributed by atoms with van der Waals surface area (Å²) in [4.78, 5) is 11.9. The van der Waals surface area contributed by atoms with Crippen molar-refractivity contribution in [2.75, 3.05) is 5.75 Å². The number of carbonyl (C=O) groups excluding carboxylic acids is 1. The maximum Gasteiger partial charge on any atom is 0.230 e. The Morgan fingerprint density at radius 2 is 2.14 bits per heavy atom. The van der Waals surface area contributed by atoms with Crippen molar-refractivity contribution < 1.29 is 4.79 Å². The molecule has 22 heavy (non-hydrogen) atoms. The fourth-order valence-electron chi connectivity index (χ4n) is 2.00. The number of hydrogen-bond acceptors (Lipinski definition) is 5. The van der Waals surface area contributed by atoms with Crippen LogP contribution in [-0.4, -0.2) is 31.9 Å². The number of aromatic nitrogens is 4. The van der Waals surface area contributed by atoms with E-state index in [-0.39, 0.29) is 11.9 Å². The van der Waals surface area contributed by atoms with Crippen molar-refractivity contribution in [3.05, 3.63) is 41.2 Å². The highest BCUT2D eigenvalue weighted by atomic mass is 32.2. The molecule has 0 aliphatic rings. The van der Waals surface area contributed by atoms with Crippen LogP contribution in [0.1, 0.15) is 36.8 Å². The van der Waals surface area contributed by atoms with Crippen molar-refractivity contribution in [3.8, 4) is 0 Å². The summed E-state index contributed by atoms with van der Waals surface area (Å²) in [7, 11) is 0. The topological polar surface area (TPSA) is 72.7 Å². The minimum Gasteiger partial charge on any atom is -0.351 e. The third-order valence-electron chi connectivity index (χ3n) is 3.25. The van der Waals surface area contributed by atoms with Crippen LogP contribution in [0.3, 0.4) is 0 Å². The minimum absolute atomic E-state index is 0.0248. The van der Waals surface area contributed by atoms with Gasteiger partial charge in [-0.1, -0.05) is 24.3 Å². The standard InChI is InChI=1S/C15H21N5OS/c1-11(2)20-14(17-18-19-20)9-22-10-15(21)16-8-13-7-5-4-6-12(13)3/h4-7,11H,8-10H2,1-3H3,(H,16,21). The van der Waals surface area contributed by atoms with Crippen molar-refractivity contribution in [2.24, 2.45) is 0 Å². The number of hydrogen-bond donors (Lipinski definition) is 1. The molecule has 7 heteroatoms. The Labute approximate surface area is 134 Å². The molecular weight excluding hydrogens is 298 g/mol. The third kappa shape index (κ3) is 4.56. The van der Waals surface area contributed by atoms with Gasteiger partial charge in [-0.2, -0.15) is 0 Å². The van der Waals surface area contributed by atoms with Gasteiger partial charge in [-0.25, -0.2) is 4.68 Å². The van der Waals surface area contributed by atoms with Gasteiger partial charge in [-0.15, -0.1) is 16.9 Å². The molecule has 0 saturated heterocycles. The van der Waals surface area contributed by atoms with Crippen molar-refractivity contribution in [1.82, 2.24) is 25.5 Å². The van der Waals surface area contributed by atoms with Gasteiger partial charge in [0.05, 0.1) is 17.5 Å². The normalized spacial score (nSPS) is 10.9. The van der Waals surface area contributed by atoms with Gasteiger partial charge in [0, 0.05) is 6.54 Å². The summed E-state index contributed by atoms with van der Waals surface area (Å²) in [5, 5.41) is 14.5. The first-order valence-corrected chi connectivity index (χ1v) is 8.39. The highest BCUT2D eigenvalue weighted by Crippen LogP contribution is 2.12. The van der Waals surface area contributed by atoms with Gasteiger partial charge >= 0.3 is 0 Å². The average Bonchev–Trinajstić information content (AvgIpc) is 2.95. The zero-order valence-electron chi connectivity index (χ0n) is 13.1. The van der Waals surface area contributed by atoms with Crippen molar-refractivity contribution in [3.63, 3.8) is 0 Å². The molecule has 0 spiro atoms. The van der Waals surface area contributed by atoms with Gasteiger partial charge in [0.15, 0.2) is 5.82 Å². The lowest BCUT2D eigenvalue weighted by Crippen LogP contribution is -2.25. The smallest absolute Gasteiger partial charge is 0.230 e. The van der Waals surface area contributed by atoms with E-state index in [4.69, 9.17) is 0 Å². The third-order valence-corrected chi connectivity index (χ3v) is 4.18. The molecule has 6 nitrogen and oxygen atoms in total. The highest BCUT2D eigenvalue weighted by Gasteiger charge is 2.10. The Bertz CT molecular complexity index is 626.